The SMILES string of the molecule is Cn1c(=O)n(CCC(=O)Nc2ccccc2Nc2ccccc2)c2ccccc21. The third-order valence-electron chi connectivity index (χ3n) is 4.87. The molecule has 0 aliphatic carbocycles. The Morgan fingerprint density at radius 1 is 0.828 bits per heavy atom. The van der Waals surface area contributed by atoms with Gasteiger partial charge in [-0.1, -0.05) is 42.5 Å². The van der Waals surface area contributed by atoms with Crippen LogP contribution in [0.25, 0.3) is 11.0 Å². The Labute approximate surface area is 168 Å². The molecule has 1 aromatic heterocycles. The summed E-state index contributed by atoms with van der Waals surface area (Å²) in [5, 5.41) is 6.27. The third-order valence-corrected chi connectivity index (χ3v) is 4.87. The molecule has 0 radical (unpaired) electrons. The van der Waals surface area contributed by atoms with E-state index in [-0.39, 0.29) is 18.0 Å². The van der Waals surface area contributed by atoms with E-state index in [1.54, 1.807) is 16.2 Å². The predicted octanol–water partition coefficient (Wildman–Crippen LogP) is 4.11. The van der Waals surface area contributed by atoms with Crippen molar-refractivity contribution in [2.75, 3.05) is 10.6 Å². The Bertz CT molecular complexity index is 1210. The van der Waals surface area contributed by atoms with Gasteiger partial charge in [0.05, 0.1) is 22.4 Å². The van der Waals surface area contributed by atoms with Crippen LogP contribution in [0.3, 0.4) is 0 Å². The number of carbonyl (C=O) groups is 1. The molecule has 0 saturated heterocycles. The number of amides is 1. The highest BCUT2D eigenvalue weighted by Crippen LogP contribution is 2.25. The van der Waals surface area contributed by atoms with Crippen LogP contribution in [-0.2, 0) is 18.4 Å². The number of imidazole rings is 1. The van der Waals surface area contributed by atoms with Gasteiger partial charge < -0.3 is 10.6 Å². The molecule has 2 N–H and O–H groups in total. The van der Waals surface area contributed by atoms with Gasteiger partial charge in [0, 0.05) is 25.7 Å². The number of nitrogens with one attached hydrogen (secondary N) is 2. The second kappa shape index (κ2) is 8.06. The Kier molecular flexibility index (Phi) is 5.16. The highest BCUT2D eigenvalue weighted by molar-refractivity contribution is 5.94. The number of hydrogen-bond acceptors (Lipinski definition) is 3. The van der Waals surface area contributed by atoms with Gasteiger partial charge in [-0.2, -0.15) is 0 Å². The minimum absolute atomic E-state index is 0.120. The number of rotatable bonds is 6. The standard InChI is InChI=1S/C23H22N4O2/c1-26-20-13-7-8-14-21(20)27(23(26)29)16-15-22(28)25-19-12-6-5-11-18(19)24-17-9-3-2-4-10-17/h2-14,24H,15-16H2,1H3,(H,25,28). The largest absolute Gasteiger partial charge is 0.354 e. The van der Waals surface area contributed by atoms with Crippen LogP contribution in [-0.4, -0.2) is 15.0 Å². The van der Waals surface area contributed by atoms with Crippen molar-refractivity contribution in [1.29, 1.82) is 0 Å². The fourth-order valence-electron chi connectivity index (χ4n) is 3.38. The number of fused-ring (bicyclic) bond motifs is 1. The van der Waals surface area contributed by atoms with Crippen LogP contribution in [0.1, 0.15) is 6.42 Å². The summed E-state index contributed by atoms with van der Waals surface area (Å²) in [4.78, 5) is 25.1. The topological polar surface area (TPSA) is 68.1 Å². The molecule has 6 nitrogen and oxygen atoms in total. The number of anilines is 3. The van der Waals surface area contributed by atoms with Crippen LogP contribution in [0.2, 0.25) is 0 Å². The zero-order valence-electron chi connectivity index (χ0n) is 16.1. The van der Waals surface area contributed by atoms with E-state index in [0.29, 0.717) is 12.2 Å². The van der Waals surface area contributed by atoms with E-state index in [9.17, 15) is 9.59 Å². The van der Waals surface area contributed by atoms with Crippen LogP contribution >= 0.6 is 0 Å². The fraction of sp³-hybridized carbons (Fsp3) is 0.130. The first-order chi connectivity index (χ1) is 14.1. The monoisotopic (exact) mass is 386 g/mol. The summed E-state index contributed by atoms with van der Waals surface area (Å²) in [6, 6.07) is 24.9. The summed E-state index contributed by atoms with van der Waals surface area (Å²) in [6.07, 6.45) is 0.202. The van der Waals surface area contributed by atoms with E-state index in [1.807, 2.05) is 78.9 Å². The lowest BCUT2D eigenvalue weighted by Crippen LogP contribution is -2.24. The van der Waals surface area contributed by atoms with Gasteiger partial charge in [-0.15, -0.1) is 0 Å². The average molecular weight is 386 g/mol. The first-order valence-corrected chi connectivity index (χ1v) is 9.49. The van der Waals surface area contributed by atoms with E-state index in [0.717, 1.165) is 22.4 Å². The van der Waals surface area contributed by atoms with Gasteiger partial charge in [0.25, 0.3) is 0 Å². The maximum atomic E-state index is 12.6. The molecule has 0 spiro atoms. The van der Waals surface area contributed by atoms with Gasteiger partial charge in [-0.25, -0.2) is 4.79 Å². The third kappa shape index (κ3) is 3.91. The van der Waals surface area contributed by atoms with Gasteiger partial charge in [-0.05, 0) is 36.4 Å². The molecule has 0 atom stereocenters. The van der Waals surface area contributed by atoms with E-state index in [2.05, 4.69) is 10.6 Å². The maximum absolute atomic E-state index is 12.6. The summed E-state index contributed by atoms with van der Waals surface area (Å²) in [7, 11) is 1.74. The first-order valence-electron chi connectivity index (χ1n) is 9.49. The quantitative estimate of drug-likeness (QED) is 0.524. The Balaban J connectivity index is 1.48. The fourth-order valence-corrected chi connectivity index (χ4v) is 3.38. The number of nitrogens with zero attached hydrogens (tertiary/aromatic N) is 2. The predicted molar refractivity (Wildman–Crippen MR) is 117 cm³/mol. The molecule has 29 heavy (non-hydrogen) atoms. The average Bonchev–Trinajstić information content (AvgIpc) is 2.99. The summed E-state index contributed by atoms with van der Waals surface area (Å²) in [5.74, 6) is -0.146. The normalized spacial score (nSPS) is 10.8. The Morgan fingerprint density at radius 2 is 1.45 bits per heavy atom. The highest BCUT2D eigenvalue weighted by Gasteiger charge is 2.12. The number of para-hydroxylation sites is 5. The van der Waals surface area contributed by atoms with E-state index in [4.69, 9.17) is 0 Å². The van der Waals surface area contributed by atoms with Crippen molar-refractivity contribution in [3.8, 4) is 0 Å². The summed E-state index contributed by atoms with van der Waals surface area (Å²) >= 11 is 0. The van der Waals surface area contributed by atoms with E-state index in [1.165, 1.54) is 0 Å². The van der Waals surface area contributed by atoms with Crippen molar-refractivity contribution in [2.45, 2.75) is 13.0 Å². The Hall–Kier alpha value is -3.80. The molecule has 6 heteroatoms. The van der Waals surface area contributed by atoms with Crippen molar-refractivity contribution in [3.63, 3.8) is 0 Å². The molecule has 3 aromatic carbocycles. The van der Waals surface area contributed by atoms with Crippen molar-refractivity contribution in [2.24, 2.45) is 7.05 Å². The van der Waals surface area contributed by atoms with Crippen molar-refractivity contribution in [1.82, 2.24) is 9.13 Å². The molecule has 0 fully saturated rings. The van der Waals surface area contributed by atoms with Crippen LogP contribution in [0, 0.1) is 0 Å². The second-order valence-electron chi connectivity index (χ2n) is 6.82. The first kappa shape index (κ1) is 18.6. The van der Waals surface area contributed by atoms with Crippen molar-refractivity contribution >= 4 is 34.0 Å². The molecule has 4 aromatic rings. The van der Waals surface area contributed by atoms with Gasteiger partial charge in [-0.3, -0.25) is 13.9 Å². The number of benzene rings is 3. The van der Waals surface area contributed by atoms with Gasteiger partial charge >= 0.3 is 5.69 Å². The Morgan fingerprint density at radius 3 is 2.21 bits per heavy atom. The van der Waals surface area contributed by atoms with Gasteiger partial charge in [0.15, 0.2) is 0 Å². The minimum atomic E-state index is -0.146. The van der Waals surface area contributed by atoms with Crippen LogP contribution in [0.5, 0.6) is 0 Å². The lowest BCUT2D eigenvalue weighted by Gasteiger charge is -2.13. The van der Waals surface area contributed by atoms with Crippen LogP contribution in [0.15, 0.2) is 83.7 Å². The van der Waals surface area contributed by atoms with Crippen LogP contribution in [0.4, 0.5) is 17.1 Å². The number of carbonyl (C=O) groups excluding carboxylic acids is 1. The lowest BCUT2D eigenvalue weighted by atomic mass is 10.2. The zero-order valence-corrected chi connectivity index (χ0v) is 16.1. The number of aryl methyl sites for hydroxylation is 2. The van der Waals surface area contributed by atoms with Crippen molar-refractivity contribution < 1.29 is 4.79 Å². The molecule has 4 rings (SSSR count). The molecular weight excluding hydrogens is 364 g/mol. The molecular formula is C23H22N4O2. The molecule has 1 amide bonds. The molecule has 146 valence electrons. The number of aromatic nitrogens is 2. The van der Waals surface area contributed by atoms with Gasteiger partial charge in [0.2, 0.25) is 5.91 Å². The summed E-state index contributed by atoms with van der Waals surface area (Å²) < 4.78 is 3.25. The van der Waals surface area contributed by atoms with Gasteiger partial charge in [0.1, 0.15) is 0 Å². The van der Waals surface area contributed by atoms with Crippen molar-refractivity contribution in [3.05, 3.63) is 89.3 Å². The molecule has 0 saturated carbocycles. The highest BCUT2D eigenvalue weighted by atomic mass is 16.2. The lowest BCUT2D eigenvalue weighted by molar-refractivity contribution is -0.116. The van der Waals surface area contributed by atoms with Crippen LogP contribution < -0.4 is 16.3 Å². The zero-order chi connectivity index (χ0) is 20.2. The second-order valence-corrected chi connectivity index (χ2v) is 6.82. The molecule has 0 aliphatic heterocycles. The summed E-state index contributed by atoms with van der Waals surface area (Å²) in [5.41, 5.74) is 4.02. The molecule has 0 bridgehead atoms. The smallest absolute Gasteiger partial charge is 0.328 e. The van der Waals surface area contributed by atoms with E-state index < -0.39 is 0 Å². The number of hydrogen-bond donors (Lipinski definition) is 2. The maximum Gasteiger partial charge on any atom is 0.328 e. The molecule has 0 unspecified atom stereocenters. The summed E-state index contributed by atoms with van der Waals surface area (Å²) in [6.45, 7) is 0.320. The molecule has 1 heterocycles. The minimum Gasteiger partial charge on any atom is -0.354 e. The molecule has 0 aliphatic rings. The van der Waals surface area contributed by atoms with E-state index >= 15 is 0 Å².